The number of rotatable bonds is 8. The number of carbonyl (C=O) groups excluding carboxylic acids is 1. The second-order valence-electron chi connectivity index (χ2n) is 4.95. The number of carbonyl (C=O) groups is 1. The fraction of sp³-hybridized carbons (Fsp3) is 0.562. The van der Waals surface area contributed by atoms with E-state index in [1.807, 2.05) is 45.0 Å². The first-order chi connectivity index (χ1) is 9.61. The van der Waals surface area contributed by atoms with Crippen molar-refractivity contribution in [3.05, 3.63) is 29.8 Å². The van der Waals surface area contributed by atoms with Crippen LogP contribution < -0.4 is 15.8 Å². The molecule has 0 saturated heterocycles. The molecule has 0 fully saturated rings. The molecule has 5 heteroatoms. The van der Waals surface area contributed by atoms with Gasteiger partial charge in [-0.2, -0.15) is 0 Å². The molecule has 4 nitrogen and oxygen atoms in total. The van der Waals surface area contributed by atoms with Gasteiger partial charge in [-0.3, -0.25) is 4.79 Å². The number of hydrogen-bond acceptors (Lipinski definition) is 3. The van der Waals surface area contributed by atoms with E-state index >= 15 is 0 Å². The van der Waals surface area contributed by atoms with Gasteiger partial charge in [0.25, 0.3) is 0 Å². The summed E-state index contributed by atoms with van der Waals surface area (Å²) >= 11 is 0. The number of amides is 1. The maximum atomic E-state index is 12.3. The third-order valence-corrected chi connectivity index (χ3v) is 3.91. The normalized spacial score (nSPS) is 10.7. The number of nitrogens with two attached hydrogens (primary N) is 1. The van der Waals surface area contributed by atoms with Gasteiger partial charge in [-0.25, -0.2) is 0 Å². The van der Waals surface area contributed by atoms with Crippen molar-refractivity contribution in [1.82, 2.24) is 5.32 Å². The Morgan fingerprint density at radius 2 is 1.76 bits per heavy atom. The first-order valence-electron chi connectivity index (χ1n) is 7.32. The van der Waals surface area contributed by atoms with E-state index in [0.717, 1.165) is 24.2 Å². The molecule has 0 bridgehead atoms. The average Bonchev–Trinajstić information content (AvgIpc) is 2.49. The molecule has 21 heavy (non-hydrogen) atoms. The molecule has 0 spiro atoms. The summed E-state index contributed by atoms with van der Waals surface area (Å²) in [6, 6.07) is 7.77. The Balaban J connectivity index is 0.00000400. The number of hydrogen-bond donors (Lipinski definition) is 2. The zero-order valence-corrected chi connectivity index (χ0v) is 14.0. The smallest absolute Gasteiger partial charge is 0.227 e. The summed E-state index contributed by atoms with van der Waals surface area (Å²) in [5, 5.41) is 2.98. The van der Waals surface area contributed by atoms with E-state index in [-0.39, 0.29) is 18.3 Å². The van der Waals surface area contributed by atoms with Crippen LogP contribution in [0.1, 0.15) is 39.2 Å². The molecule has 0 radical (unpaired) electrons. The Labute approximate surface area is 133 Å². The highest BCUT2D eigenvalue weighted by atomic mass is 35.5. The number of ether oxygens (including phenoxy) is 1. The third-order valence-electron chi connectivity index (χ3n) is 3.91. The van der Waals surface area contributed by atoms with E-state index in [4.69, 9.17) is 10.5 Å². The quantitative estimate of drug-likeness (QED) is 0.775. The lowest BCUT2D eigenvalue weighted by Crippen LogP contribution is -2.45. The lowest BCUT2D eigenvalue weighted by atomic mass is 9.81. The Morgan fingerprint density at radius 3 is 2.19 bits per heavy atom. The Hall–Kier alpha value is -1.26. The second-order valence-corrected chi connectivity index (χ2v) is 4.95. The molecule has 0 aromatic heterocycles. The maximum Gasteiger partial charge on any atom is 0.227 e. The molecule has 1 amide bonds. The van der Waals surface area contributed by atoms with Crippen molar-refractivity contribution in [3.8, 4) is 5.75 Å². The number of benzene rings is 1. The van der Waals surface area contributed by atoms with Crippen molar-refractivity contribution in [2.75, 3.05) is 13.2 Å². The molecule has 3 N–H and O–H groups in total. The minimum atomic E-state index is -0.439. The van der Waals surface area contributed by atoms with Crippen molar-refractivity contribution in [3.63, 3.8) is 0 Å². The number of halogens is 1. The SMILES string of the molecule is CCOc1ccc(CNC(=O)C(CC)(CC)CN)cc1.Cl. The molecule has 0 saturated carbocycles. The van der Waals surface area contributed by atoms with Gasteiger partial charge in [0.1, 0.15) is 5.75 Å². The van der Waals surface area contributed by atoms with Crippen molar-refractivity contribution in [1.29, 1.82) is 0 Å². The van der Waals surface area contributed by atoms with Crippen LogP contribution in [0.4, 0.5) is 0 Å². The van der Waals surface area contributed by atoms with Crippen LogP contribution in [-0.4, -0.2) is 19.1 Å². The zero-order valence-electron chi connectivity index (χ0n) is 13.1. The van der Waals surface area contributed by atoms with Crippen LogP contribution in [0.2, 0.25) is 0 Å². The monoisotopic (exact) mass is 314 g/mol. The van der Waals surface area contributed by atoms with Crippen LogP contribution in [0, 0.1) is 5.41 Å². The highest BCUT2D eigenvalue weighted by Gasteiger charge is 2.32. The minimum absolute atomic E-state index is 0. The van der Waals surface area contributed by atoms with Crippen molar-refractivity contribution >= 4 is 18.3 Å². The van der Waals surface area contributed by atoms with E-state index in [0.29, 0.717) is 19.7 Å². The van der Waals surface area contributed by atoms with Gasteiger partial charge in [0.2, 0.25) is 5.91 Å². The standard InChI is InChI=1S/C16H26N2O2.ClH/c1-4-16(5-2,12-17)15(19)18-11-13-7-9-14(10-8-13)20-6-3;/h7-10H,4-6,11-12,17H2,1-3H3,(H,18,19);1H. The Kier molecular flexibility index (Phi) is 9.06. The summed E-state index contributed by atoms with van der Waals surface area (Å²) in [6.45, 7) is 7.53. The summed E-state index contributed by atoms with van der Waals surface area (Å²) in [7, 11) is 0. The molecule has 1 rings (SSSR count). The van der Waals surface area contributed by atoms with E-state index < -0.39 is 5.41 Å². The van der Waals surface area contributed by atoms with Gasteiger partial charge < -0.3 is 15.8 Å². The fourth-order valence-corrected chi connectivity index (χ4v) is 2.19. The summed E-state index contributed by atoms with van der Waals surface area (Å²) < 4.78 is 5.39. The van der Waals surface area contributed by atoms with Gasteiger partial charge in [-0.15, -0.1) is 12.4 Å². The third kappa shape index (κ3) is 5.21. The Morgan fingerprint density at radius 1 is 1.19 bits per heavy atom. The minimum Gasteiger partial charge on any atom is -0.494 e. The first-order valence-corrected chi connectivity index (χ1v) is 7.32. The van der Waals surface area contributed by atoms with E-state index in [1.165, 1.54) is 0 Å². The molecule has 0 atom stereocenters. The van der Waals surface area contributed by atoms with Crippen LogP contribution in [0.15, 0.2) is 24.3 Å². The van der Waals surface area contributed by atoms with Gasteiger partial charge in [0.05, 0.1) is 12.0 Å². The summed E-state index contributed by atoms with van der Waals surface area (Å²) in [5.74, 6) is 0.889. The molecular weight excluding hydrogens is 288 g/mol. The van der Waals surface area contributed by atoms with Crippen LogP contribution in [0.5, 0.6) is 5.75 Å². The van der Waals surface area contributed by atoms with Crippen molar-refractivity contribution in [2.24, 2.45) is 11.1 Å². The number of nitrogens with one attached hydrogen (secondary N) is 1. The van der Waals surface area contributed by atoms with Gasteiger partial charge in [-0.1, -0.05) is 26.0 Å². The molecule has 0 unspecified atom stereocenters. The highest BCUT2D eigenvalue weighted by molar-refractivity contribution is 5.85. The van der Waals surface area contributed by atoms with Crippen molar-refractivity contribution < 1.29 is 9.53 Å². The maximum absolute atomic E-state index is 12.3. The molecule has 0 aliphatic carbocycles. The first kappa shape index (κ1) is 19.7. The summed E-state index contributed by atoms with van der Waals surface area (Å²) in [6.07, 6.45) is 1.52. The van der Waals surface area contributed by atoms with E-state index in [2.05, 4.69) is 5.32 Å². The molecule has 1 aromatic rings. The molecular formula is C16H27ClN2O2. The molecule has 0 heterocycles. The van der Waals surface area contributed by atoms with Gasteiger partial charge in [-0.05, 0) is 37.5 Å². The predicted molar refractivity (Wildman–Crippen MR) is 88.8 cm³/mol. The fourth-order valence-electron chi connectivity index (χ4n) is 2.19. The largest absolute Gasteiger partial charge is 0.494 e. The predicted octanol–water partition coefficient (Wildman–Crippen LogP) is 2.89. The second kappa shape index (κ2) is 9.64. The van der Waals surface area contributed by atoms with Crippen LogP contribution in [0.25, 0.3) is 0 Å². The van der Waals surface area contributed by atoms with Crippen LogP contribution >= 0.6 is 12.4 Å². The van der Waals surface area contributed by atoms with Crippen LogP contribution in [-0.2, 0) is 11.3 Å². The molecule has 1 aromatic carbocycles. The van der Waals surface area contributed by atoms with E-state index in [1.54, 1.807) is 0 Å². The average molecular weight is 315 g/mol. The Bertz CT molecular complexity index is 409. The lowest BCUT2D eigenvalue weighted by Gasteiger charge is -2.28. The zero-order chi connectivity index (χ0) is 15.0. The highest BCUT2D eigenvalue weighted by Crippen LogP contribution is 2.25. The summed E-state index contributed by atoms with van der Waals surface area (Å²) in [5.41, 5.74) is 6.39. The lowest BCUT2D eigenvalue weighted by molar-refractivity contribution is -0.131. The van der Waals surface area contributed by atoms with Gasteiger partial charge >= 0.3 is 0 Å². The molecule has 0 aliphatic heterocycles. The van der Waals surface area contributed by atoms with Crippen molar-refractivity contribution in [2.45, 2.75) is 40.2 Å². The topological polar surface area (TPSA) is 64.3 Å². The summed E-state index contributed by atoms with van der Waals surface area (Å²) in [4.78, 5) is 12.3. The molecule has 0 aliphatic rings. The molecule has 120 valence electrons. The van der Waals surface area contributed by atoms with E-state index in [9.17, 15) is 4.79 Å². The van der Waals surface area contributed by atoms with Crippen LogP contribution in [0.3, 0.4) is 0 Å². The van der Waals surface area contributed by atoms with Gasteiger partial charge in [0.15, 0.2) is 0 Å². The van der Waals surface area contributed by atoms with Gasteiger partial charge in [0, 0.05) is 13.1 Å².